The van der Waals surface area contributed by atoms with Crippen molar-refractivity contribution in [1.29, 1.82) is 0 Å². The Morgan fingerprint density at radius 1 is 0.957 bits per heavy atom. The van der Waals surface area contributed by atoms with Crippen molar-refractivity contribution in [3.63, 3.8) is 0 Å². The van der Waals surface area contributed by atoms with Gasteiger partial charge in [0.15, 0.2) is 0 Å². The largest absolute Gasteiger partial charge is 0.350 e. The fourth-order valence-electron chi connectivity index (χ4n) is 2.91. The Kier molecular flexibility index (Phi) is 6.86. The second-order valence-corrected chi connectivity index (χ2v) is 6.15. The van der Waals surface area contributed by atoms with Crippen LogP contribution >= 0.6 is 0 Å². The number of amides is 1. The molecule has 0 fully saturated rings. The number of benzene rings is 2. The van der Waals surface area contributed by atoms with Gasteiger partial charge in [-0.15, -0.1) is 0 Å². The lowest BCUT2D eigenvalue weighted by Crippen LogP contribution is -2.28. The van der Waals surface area contributed by atoms with Crippen LogP contribution in [-0.2, 0) is 4.79 Å². The molecule has 1 N–H and O–H groups in total. The first-order chi connectivity index (χ1) is 11.2. The van der Waals surface area contributed by atoms with E-state index >= 15 is 0 Å². The molecule has 2 atom stereocenters. The first-order valence-corrected chi connectivity index (χ1v) is 8.60. The minimum Gasteiger partial charge on any atom is -0.350 e. The summed E-state index contributed by atoms with van der Waals surface area (Å²) in [5.41, 5.74) is 2.41. The predicted molar refractivity (Wildman–Crippen MR) is 96.3 cm³/mol. The van der Waals surface area contributed by atoms with Gasteiger partial charge in [0.2, 0.25) is 5.91 Å². The minimum atomic E-state index is 0.0475. The van der Waals surface area contributed by atoms with Crippen molar-refractivity contribution in [3.05, 3.63) is 71.8 Å². The average molecular weight is 309 g/mol. The summed E-state index contributed by atoms with van der Waals surface area (Å²) in [5, 5.41) is 3.13. The number of carbonyl (C=O) groups is 1. The Hall–Kier alpha value is -2.09. The highest BCUT2D eigenvalue weighted by Crippen LogP contribution is 2.26. The molecular formula is C21H27NO. The number of carbonyl (C=O) groups excluding carboxylic acids is 1. The molecule has 2 aromatic rings. The second kappa shape index (κ2) is 9.14. The van der Waals surface area contributed by atoms with Crippen LogP contribution in [0.1, 0.15) is 62.6 Å². The molecule has 0 unspecified atom stereocenters. The van der Waals surface area contributed by atoms with Crippen LogP contribution in [-0.4, -0.2) is 5.91 Å². The third-order valence-corrected chi connectivity index (χ3v) is 4.29. The van der Waals surface area contributed by atoms with Crippen molar-refractivity contribution in [2.45, 2.75) is 51.5 Å². The standard InChI is InChI=1S/C21H27NO/c1-3-4-11-20(19-14-9-6-10-15-19)16-21(23)22-17(2)18-12-7-5-8-13-18/h5-10,12-15,17,20H,3-4,11,16H2,1-2H3,(H,22,23)/t17-,20+/m0/s1. The third-order valence-electron chi connectivity index (χ3n) is 4.29. The van der Waals surface area contributed by atoms with E-state index in [0.717, 1.165) is 24.8 Å². The van der Waals surface area contributed by atoms with Crippen molar-refractivity contribution < 1.29 is 4.79 Å². The highest BCUT2D eigenvalue weighted by molar-refractivity contribution is 5.77. The van der Waals surface area contributed by atoms with E-state index in [1.165, 1.54) is 5.56 Å². The molecule has 0 aromatic heterocycles. The molecule has 2 aromatic carbocycles. The molecular weight excluding hydrogens is 282 g/mol. The Bertz CT molecular complexity index is 579. The molecule has 0 spiro atoms. The summed E-state index contributed by atoms with van der Waals surface area (Å²) < 4.78 is 0. The molecule has 0 heterocycles. The van der Waals surface area contributed by atoms with Crippen LogP contribution in [0.15, 0.2) is 60.7 Å². The maximum Gasteiger partial charge on any atom is 0.221 e. The Morgan fingerprint density at radius 2 is 1.52 bits per heavy atom. The van der Waals surface area contributed by atoms with Gasteiger partial charge in [0.05, 0.1) is 6.04 Å². The molecule has 0 aliphatic rings. The van der Waals surface area contributed by atoms with Crippen LogP contribution in [0.3, 0.4) is 0 Å². The van der Waals surface area contributed by atoms with Gasteiger partial charge in [-0.3, -0.25) is 4.79 Å². The lowest BCUT2D eigenvalue weighted by Gasteiger charge is -2.19. The number of rotatable bonds is 8. The second-order valence-electron chi connectivity index (χ2n) is 6.15. The number of nitrogens with one attached hydrogen (secondary N) is 1. The van der Waals surface area contributed by atoms with E-state index in [2.05, 4.69) is 48.6 Å². The van der Waals surface area contributed by atoms with Crippen LogP contribution in [0, 0.1) is 0 Å². The van der Waals surface area contributed by atoms with Crippen LogP contribution < -0.4 is 5.32 Å². The van der Waals surface area contributed by atoms with Crippen molar-refractivity contribution in [2.75, 3.05) is 0 Å². The van der Waals surface area contributed by atoms with E-state index < -0.39 is 0 Å². The summed E-state index contributed by atoms with van der Waals surface area (Å²) in [4.78, 5) is 12.5. The molecule has 0 radical (unpaired) electrons. The highest BCUT2D eigenvalue weighted by Gasteiger charge is 2.17. The Balaban J connectivity index is 1.97. The summed E-state index contributed by atoms with van der Waals surface area (Å²) in [7, 11) is 0. The van der Waals surface area contributed by atoms with Gasteiger partial charge in [-0.1, -0.05) is 80.4 Å². The van der Waals surface area contributed by atoms with Gasteiger partial charge in [0.1, 0.15) is 0 Å². The Labute approximate surface area is 139 Å². The number of hydrogen-bond donors (Lipinski definition) is 1. The minimum absolute atomic E-state index is 0.0475. The van der Waals surface area contributed by atoms with Crippen LogP contribution in [0.2, 0.25) is 0 Å². The molecule has 1 amide bonds. The average Bonchev–Trinajstić information content (AvgIpc) is 2.60. The van der Waals surface area contributed by atoms with Gasteiger partial charge < -0.3 is 5.32 Å². The molecule has 122 valence electrons. The zero-order valence-corrected chi connectivity index (χ0v) is 14.2. The van der Waals surface area contributed by atoms with Gasteiger partial charge in [-0.05, 0) is 30.4 Å². The van der Waals surface area contributed by atoms with Gasteiger partial charge in [0.25, 0.3) is 0 Å². The first-order valence-electron chi connectivity index (χ1n) is 8.60. The maximum absolute atomic E-state index is 12.5. The molecule has 23 heavy (non-hydrogen) atoms. The third kappa shape index (κ3) is 5.55. The fraction of sp³-hybridized carbons (Fsp3) is 0.381. The number of unbranched alkanes of at least 4 members (excludes halogenated alkanes) is 1. The van der Waals surface area contributed by atoms with E-state index in [0.29, 0.717) is 12.3 Å². The molecule has 0 bridgehead atoms. The lowest BCUT2D eigenvalue weighted by atomic mass is 9.90. The van der Waals surface area contributed by atoms with Gasteiger partial charge >= 0.3 is 0 Å². The van der Waals surface area contributed by atoms with E-state index in [1.54, 1.807) is 0 Å². The van der Waals surface area contributed by atoms with Crippen LogP contribution in [0.4, 0.5) is 0 Å². The highest BCUT2D eigenvalue weighted by atomic mass is 16.1. The van der Waals surface area contributed by atoms with Gasteiger partial charge in [-0.25, -0.2) is 0 Å². The van der Waals surface area contributed by atoms with Gasteiger partial charge in [0, 0.05) is 6.42 Å². The van der Waals surface area contributed by atoms with Crippen molar-refractivity contribution in [3.8, 4) is 0 Å². The predicted octanol–water partition coefficient (Wildman–Crippen LogP) is 5.23. The van der Waals surface area contributed by atoms with E-state index in [4.69, 9.17) is 0 Å². The fourth-order valence-corrected chi connectivity index (χ4v) is 2.91. The maximum atomic E-state index is 12.5. The number of hydrogen-bond acceptors (Lipinski definition) is 1. The first kappa shape index (κ1) is 17.3. The summed E-state index contributed by atoms with van der Waals surface area (Å²) in [6.07, 6.45) is 3.93. The zero-order chi connectivity index (χ0) is 16.5. The summed E-state index contributed by atoms with van der Waals surface area (Å²) in [6, 6.07) is 20.6. The van der Waals surface area contributed by atoms with Crippen molar-refractivity contribution >= 4 is 5.91 Å². The van der Waals surface area contributed by atoms with E-state index in [9.17, 15) is 4.79 Å². The summed E-state index contributed by atoms with van der Waals surface area (Å²) >= 11 is 0. The topological polar surface area (TPSA) is 29.1 Å². The summed E-state index contributed by atoms with van der Waals surface area (Å²) in [6.45, 7) is 4.23. The monoisotopic (exact) mass is 309 g/mol. The smallest absolute Gasteiger partial charge is 0.221 e. The molecule has 0 saturated heterocycles. The van der Waals surface area contributed by atoms with Crippen LogP contribution in [0.5, 0.6) is 0 Å². The lowest BCUT2D eigenvalue weighted by molar-refractivity contribution is -0.122. The zero-order valence-electron chi connectivity index (χ0n) is 14.2. The SMILES string of the molecule is CCCC[C@H](CC(=O)N[C@@H](C)c1ccccc1)c1ccccc1. The molecule has 0 aliphatic carbocycles. The summed E-state index contributed by atoms with van der Waals surface area (Å²) in [5.74, 6) is 0.436. The molecule has 2 rings (SSSR count). The van der Waals surface area contributed by atoms with Crippen molar-refractivity contribution in [2.24, 2.45) is 0 Å². The molecule has 0 saturated carbocycles. The quantitative estimate of drug-likeness (QED) is 0.711. The molecule has 2 heteroatoms. The normalized spacial score (nSPS) is 13.3. The van der Waals surface area contributed by atoms with Crippen LogP contribution in [0.25, 0.3) is 0 Å². The van der Waals surface area contributed by atoms with E-state index in [-0.39, 0.29) is 11.9 Å². The van der Waals surface area contributed by atoms with E-state index in [1.807, 2.05) is 31.2 Å². The molecule has 0 aliphatic heterocycles. The van der Waals surface area contributed by atoms with Crippen molar-refractivity contribution in [1.82, 2.24) is 5.32 Å². The molecule has 2 nitrogen and oxygen atoms in total. The van der Waals surface area contributed by atoms with Gasteiger partial charge in [-0.2, -0.15) is 0 Å². The Morgan fingerprint density at radius 3 is 2.09 bits per heavy atom.